The fourth-order valence-electron chi connectivity index (χ4n) is 2.78. The molecule has 1 amide bonds. The quantitative estimate of drug-likeness (QED) is 0.752. The zero-order valence-corrected chi connectivity index (χ0v) is 12.2. The van der Waals surface area contributed by atoms with E-state index in [-0.39, 0.29) is 5.91 Å². The van der Waals surface area contributed by atoms with Gasteiger partial charge in [0.2, 0.25) is 5.91 Å². The SMILES string of the molecule is CC(C)CN(CC(C)C)C(=O)C1(C#N)CCCC1. The molecule has 1 rings (SSSR count). The van der Waals surface area contributed by atoms with Crippen molar-refractivity contribution in [3.63, 3.8) is 0 Å². The average molecular weight is 250 g/mol. The summed E-state index contributed by atoms with van der Waals surface area (Å²) < 4.78 is 0. The Hall–Kier alpha value is -1.04. The van der Waals surface area contributed by atoms with E-state index >= 15 is 0 Å². The van der Waals surface area contributed by atoms with E-state index < -0.39 is 5.41 Å². The lowest BCUT2D eigenvalue weighted by atomic mass is 9.86. The fraction of sp³-hybridized carbons (Fsp3) is 0.867. The summed E-state index contributed by atoms with van der Waals surface area (Å²) in [7, 11) is 0. The molecule has 0 heterocycles. The molecule has 0 saturated heterocycles. The van der Waals surface area contributed by atoms with E-state index in [1.165, 1.54) is 0 Å². The van der Waals surface area contributed by atoms with Crippen molar-refractivity contribution in [1.82, 2.24) is 4.90 Å². The molecule has 0 spiro atoms. The Morgan fingerprint density at radius 1 is 1.17 bits per heavy atom. The molecular formula is C15H26N2O. The van der Waals surface area contributed by atoms with Crippen molar-refractivity contribution in [2.45, 2.75) is 53.4 Å². The van der Waals surface area contributed by atoms with E-state index in [4.69, 9.17) is 0 Å². The minimum atomic E-state index is -0.718. The van der Waals surface area contributed by atoms with Gasteiger partial charge in [0.15, 0.2) is 0 Å². The minimum absolute atomic E-state index is 0.0740. The second-order valence-corrected chi connectivity index (χ2v) is 6.40. The molecule has 1 saturated carbocycles. The maximum atomic E-state index is 12.7. The van der Waals surface area contributed by atoms with Crippen LogP contribution in [0.25, 0.3) is 0 Å². The molecule has 18 heavy (non-hydrogen) atoms. The first kappa shape index (κ1) is 15.0. The van der Waals surface area contributed by atoms with Gasteiger partial charge < -0.3 is 4.90 Å². The third-order valence-electron chi connectivity index (χ3n) is 3.54. The lowest BCUT2D eigenvalue weighted by Crippen LogP contribution is -2.45. The molecule has 0 radical (unpaired) electrons. The van der Waals surface area contributed by atoms with Crippen molar-refractivity contribution in [3.05, 3.63) is 0 Å². The maximum absolute atomic E-state index is 12.7. The van der Waals surface area contributed by atoms with Crippen LogP contribution in [-0.2, 0) is 4.79 Å². The molecule has 1 aliphatic carbocycles. The largest absolute Gasteiger partial charge is 0.341 e. The van der Waals surface area contributed by atoms with Gasteiger partial charge in [-0.25, -0.2) is 0 Å². The first-order chi connectivity index (χ1) is 8.41. The van der Waals surface area contributed by atoms with Gasteiger partial charge >= 0.3 is 0 Å². The number of carbonyl (C=O) groups excluding carboxylic acids is 1. The third kappa shape index (κ3) is 3.48. The van der Waals surface area contributed by atoms with E-state index in [9.17, 15) is 10.1 Å². The molecule has 0 aliphatic heterocycles. The highest BCUT2D eigenvalue weighted by Crippen LogP contribution is 2.39. The molecule has 0 aromatic carbocycles. The van der Waals surface area contributed by atoms with Crippen LogP contribution in [0.2, 0.25) is 0 Å². The summed E-state index contributed by atoms with van der Waals surface area (Å²) in [5.41, 5.74) is -0.718. The number of hydrogen-bond acceptors (Lipinski definition) is 2. The summed E-state index contributed by atoms with van der Waals surface area (Å²) in [5.74, 6) is 0.972. The Morgan fingerprint density at radius 3 is 1.94 bits per heavy atom. The summed E-state index contributed by atoms with van der Waals surface area (Å²) in [6.07, 6.45) is 3.51. The van der Waals surface area contributed by atoms with Crippen molar-refractivity contribution < 1.29 is 4.79 Å². The molecular weight excluding hydrogens is 224 g/mol. The van der Waals surface area contributed by atoms with Crippen LogP contribution in [0.4, 0.5) is 0 Å². The van der Waals surface area contributed by atoms with Crippen molar-refractivity contribution in [3.8, 4) is 6.07 Å². The van der Waals surface area contributed by atoms with E-state index in [0.29, 0.717) is 11.8 Å². The van der Waals surface area contributed by atoms with Gasteiger partial charge in [0.05, 0.1) is 6.07 Å². The van der Waals surface area contributed by atoms with Crippen molar-refractivity contribution in [1.29, 1.82) is 5.26 Å². The normalized spacial score (nSPS) is 18.1. The minimum Gasteiger partial charge on any atom is -0.341 e. The summed E-state index contributed by atoms with van der Waals surface area (Å²) in [5, 5.41) is 9.41. The van der Waals surface area contributed by atoms with Crippen LogP contribution in [-0.4, -0.2) is 23.9 Å². The lowest BCUT2D eigenvalue weighted by molar-refractivity contribution is -0.140. The number of hydrogen-bond donors (Lipinski definition) is 0. The Kier molecular flexibility index (Phi) is 5.19. The molecule has 1 fully saturated rings. The number of nitrogens with zero attached hydrogens (tertiary/aromatic N) is 2. The average Bonchev–Trinajstić information content (AvgIpc) is 2.75. The zero-order chi connectivity index (χ0) is 13.8. The van der Waals surface area contributed by atoms with E-state index in [1.54, 1.807) is 0 Å². The van der Waals surface area contributed by atoms with Crippen LogP contribution in [0.3, 0.4) is 0 Å². The monoisotopic (exact) mass is 250 g/mol. The Morgan fingerprint density at radius 2 is 1.61 bits per heavy atom. The molecule has 3 nitrogen and oxygen atoms in total. The topological polar surface area (TPSA) is 44.1 Å². The zero-order valence-electron chi connectivity index (χ0n) is 12.2. The van der Waals surface area contributed by atoms with E-state index in [0.717, 1.165) is 38.8 Å². The van der Waals surface area contributed by atoms with Gasteiger partial charge in [0, 0.05) is 13.1 Å². The summed E-state index contributed by atoms with van der Waals surface area (Å²) >= 11 is 0. The van der Waals surface area contributed by atoms with Crippen molar-refractivity contribution in [2.24, 2.45) is 17.3 Å². The van der Waals surface area contributed by atoms with E-state index in [1.807, 2.05) is 4.90 Å². The maximum Gasteiger partial charge on any atom is 0.243 e. The van der Waals surface area contributed by atoms with Gasteiger partial charge in [0.25, 0.3) is 0 Å². The van der Waals surface area contributed by atoms with Crippen LogP contribution in [0.15, 0.2) is 0 Å². The Labute approximate surface area is 111 Å². The number of rotatable bonds is 5. The van der Waals surface area contributed by atoms with Crippen molar-refractivity contribution >= 4 is 5.91 Å². The van der Waals surface area contributed by atoms with Crippen LogP contribution >= 0.6 is 0 Å². The summed E-state index contributed by atoms with van der Waals surface area (Å²) in [6.45, 7) is 10.0. The van der Waals surface area contributed by atoms with Gasteiger partial charge in [-0.1, -0.05) is 40.5 Å². The Bertz CT molecular complexity index is 312. The second-order valence-electron chi connectivity index (χ2n) is 6.40. The van der Waals surface area contributed by atoms with Crippen LogP contribution in [0, 0.1) is 28.6 Å². The van der Waals surface area contributed by atoms with Crippen LogP contribution in [0.5, 0.6) is 0 Å². The first-order valence-electron chi connectivity index (χ1n) is 7.12. The molecule has 0 atom stereocenters. The third-order valence-corrected chi connectivity index (χ3v) is 3.54. The van der Waals surface area contributed by atoms with Gasteiger partial charge in [-0.15, -0.1) is 0 Å². The molecule has 0 aromatic rings. The summed E-state index contributed by atoms with van der Waals surface area (Å²) in [4.78, 5) is 14.6. The second kappa shape index (κ2) is 6.22. The molecule has 3 heteroatoms. The molecule has 0 aromatic heterocycles. The smallest absolute Gasteiger partial charge is 0.243 e. The van der Waals surface area contributed by atoms with Crippen molar-refractivity contribution in [2.75, 3.05) is 13.1 Å². The number of amides is 1. The predicted molar refractivity (Wildman–Crippen MR) is 72.8 cm³/mol. The molecule has 102 valence electrons. The number of carbonyl (C=O) groups is 1. The molecule has 0 unspecified atom stereocenters. The van der Waals surface area contributed by atoms with Gasteiger partial charge in [-0.2, -0.15) is 5.26 Å². The highest BCUT2D eigenvalue weighted by molar-refractivity contribution is 5.85. The van der Waals surface area contributed by atoms with Gasteiger partial charge in [-0.05, 0) is 24.7 Å². The highest BCUT2D eigenvalue weighted by atomic mass is 16.2. The molecule has 1 aliphatic rings. The van der Waals surface area contributed by atoms with Gasteiger partial charge in [-0.3, -0.25) is 4.79 Å². The molecule has 0 N–H and O–H groups in total. The standard InChI is InChI=1S/C15H26N2O/c1-12(2)9-17(10-13(3)4)14(18)15(11-16)7-5-6-8-15/h12-13H,5-10H2,1-4H3. The lowest BCUT2D eigenvalue weighted by Gasteiger charge is -2.32. The highest BCUT2D eigenvalue weighted by Gasteiger charge is 2.44. The Balaban J connectivity index is 2.83. The predicted octanol–water partition coefficient (Wildman–Crippen LogP) is 3.21. The molecule has 0 bridgehead atoms. The first-order valence-corrected chi connectivity index (χ1v) is 7.12. The van der Waals surface area contributed by atoms with Gasteiger partial charge in [0.1, 0.15) is 5.41 Å². The van der Waals surface area contributed by atoms with E-state index in [2.05, 4.69) is 33.8 Å². The fourth-order valence-corrected chi connectivity index (χ4v) is 2.78. The van der Waals surface area contributed by atoms with Crippen LogP contribution < -0.4 is 0 Å². The summed E-state index contributed by atoms with van der Waals surface area (Å²) in [6, 6.07) is 2.31. The van der Waals surface area contributed by atoms with Crippen LogP contribution in [0.1, 0.15) is 53.4 Å². The number of nitriles is 1.